The van der Waals surface area contributed by atoms with E-state index in [9.17, 15) is 9.90 Å². The van der Waals surface area contributed by atoms with Crippen LogP contribution in [0.2, 0.25) is 0 Å². The van der Waals surface area contributed by atoms with Crippen molar-refractivity contribution in [2.75, 3.05) is 13.1 Å². The third-order valence-electron chi connectivity index (χ3n) is 3.92. The first-order valence-electron chi connectivity index (χ1n) is 6.35. The van der Waals surface area contributed by atoms with Crippen LogP contribution in [0.1, 0.15) is 40.0 Å². The Morgan fingerprint density at radius 1 is 1.38 bits per heavy atom. The molecule has 0 bridgehead atoms. The van der Waals surface area contributed by atoms with Gasteiger partial charge >= 0.3 is 5.97 Å². The topological polar surface area (TPSA) is 40.5 Å². The average molecular weight is 225 g/mol. The van der Waals surface area contributed by atoms with Crippen molar-refractivity contribution < 1.29 is 9.90 Å². The van der Waals surface area contributed by atoms with E-state index in [1.807, 2.05) is 0 Å². The van der Waals surface area contributed by atoms with Crippen LogP contribution >= 0.6 is 0 Å². The number of carbonyl (C=O) groups is 1. The van der Waals surface area contributed by atoms with Crippen molar-refractivity contribution in [3.8, 4) is 0 Å². The van der Waals surface area contributed by atoms with Gasteiger partial charge in [-0.1, -0.05) is 27.2 Å². The molecule has 1 saturated carbocycles. The van der Waals surface area contributed by atoms with Crippen molar-refractivity contribution in [3.63, 3.8) is 0 Å². The van der Waals surface area contributed by atoms with E-state index in [0.29, 0.717) is 11.8 Å². The molecule has 1 heterocycles. The van der Waals surface area contributed by atoms with Crippen LogP contribution in [0, 0.1) is 17.3 Å². The lowest BCUT2D eigenvalue weighted by atomic mass is 9.93. The van der Waals surface area contributed by atoms with Crippen molar-refractivity contribution in [1.82, 2.24) is 4.90 Å². The van der Waals surface area contributed by atoms with Crippen molar-refractivity contribution in [2.45, 2.75) is 46.1 Å². The third kappa shape index (κ3) is 2.24. The molecule has 2 fully saturated rings. The Kier molecular flexibility index (Phi) is 2.99. The molecular formula is C13H23NO2. The summed E-state index contributed by atoms with van der Waals surface area (Å²) in [5.41, 5.74) is 0.187. The second-order valence-corrected chi connectivity index (χ2v) is 6.63. The van der Waals surface area contributed by atoms with Crippen LogP contribution in [0.3, 0.4) is 0 Å². The highest BCUT2D eigenvalue weighted by Gasteiger charge is 2.48. The number of hydrogen-bond donors (Lipinski definition) is 1. The van der Waals surface area contributed by atoms with E-state index in [-0.39, 0.29) is 11.5 Å². The number of carboxylic acids is 1. The monoisotopic (exact) mass is 225 g/mol. The molecule has 0 aromatic carbocycles. The Morgan fingerprint density at radius 3 is 2.62 bits per heavy atom. The van der Waals surface area contributed by atoms with Crippen molar-refractivity contribution in [3.05, 3.63) is 0 Å². The second kappa shape index (κ2) is 4.02. The number of fused-ring (bicyclic) bond motifs is 1. The number of aliphatic carboxylic acids is 1. The summed E-state index contributed by atoms with van der Waals surface area (Å²) in [6, 6.07) is -0.216. The van der Waals surface area contributed by atoms with E-state index in [2.05, 4.69) is 25.7 Å². The summed E-state index contributed by atoms with van der Waals surface area (Å²) in [4.78, 5) is 13.6. The highest BCUT2D eigenvalue weighted by Crippen LogP contribution is 2.43. The van der Waals surface area contributed by atoms with Crippen molar-refractivity contribution in [1.29, 1.82) is 0 Å². The summed E-state index contributed by atoms with van der Waals surface area (Å²) in [5, 5.41) is 9.39. The molecular weight excluding hydrogens is 202 g/mol. The van der Waals surface area contributed by atoms with Gasteiger partial charge in [0.1, 0.15) is 6.04 Å². The van der Waals surface area contributed by atoms with Gasteiger partial charge in [-0.05, 0) is 30.1 Å². The van der Waals surface area contributed by atoms with E-state index in [4.69, 9.17) is 0 Å². The van der Waals surface area contributed by atoms with Gasteiger partial charge in [0.15, 0.2) is 0 Å². The van der Waals surface area contributed by atoms with Gasteiger partial charge in [0.05, 0.1) is 0 Å². The number of likely N-dealkylation sites (tertiary alicyclic amines) is 1. The van der Waals surface area contributed by atoms with Crippen LogP contribution in [0.25, 0.3) is 0 Å². The lowest BCUT2D eigenvalue weighted by molar-refractivity contribution is -0.144. The van der Waals surface area contributed by atoms with E-state index in [0.717, 1.165) is 19.5 Å². The average Bonchev–Trinajstić information content (AvgIpc) is 2.58. The van der Waals surface area contributed by atoms with Crippen LogP contribution in [0.4, 0.5) is 0 Å². The Morgan fingerprint density at radius 2 is 2.06 bits per heavy atom. The Hall–Kier alpha value is -0.570. The lowest BCUT2D eigenvalue weighted by Gasteiger charge is -2.30. The van der Waals surface area contributed by atoms with Gasteiger partial charge in [-0.2, -0.15) is 0 Å². The van der Waals surface area contributed by atoms with E-state index >= 15 is 0 Å². The molecule has 1 N–H and O–H groups in total. The van der Waals surface area contributed by atoms with Crippen LogP contribution < -0.4 is 0 Å². The van der Waals surface area contributed by atoms with Crippen LogP contribution in [0.15, 0.2) is 0 Å². The third-order valence-corrected chi connectivity index (χ3v) is 3.92. The van der Waals surface area contributed by atoms with Crippen molar-refractivity contribution >= 4 is 5.97 Å². The first-order valence-corrected chi connectivity index (χ1v) is 6.35. The van der Waals surface area contributed by atoms with Crippen molar-refractivity contribution in [2.24, 2.45) is 17.3 Å². The summed E-state index contributed by atoms with van der Waals surface area (Å²) in [6.07, 6.45) is 3.57. The first kappa shape index (κ1) is 11.9. The van der Waals surface area contributed by atoms with E-state index in [1.54, 1.807) is 0 Å². The van der Waals surface area contributed by atoms with Gasteiger partial charge in [-0.3, -0.25) is 9.69 Å². The van der Waals surface area contributed by atoms with Gasteiger partial charge in [0, 0.05) is 13.1 Å². The summed E-state index contributed by atoms with van der Waals surface area (Å²) < 4.78 is 0. The Bertz CT molecular complexity index is 282. The highest BCUT2D eigenvalue weighted by atomic mass is 16.4. The largest absolute Gasteiger partial charge is 0.480 e. The summed E-state index contributed by atoms with van der Waals surface area (Å²) >= 11 is 0. The normalized spacial score (nSPS) is 35.3. The van der Waals surface area contributed by atoms with E-state index < -0.39 is 5.97 Å². The number of rotatable bonds is 2. The van der Waals surface area contributed by atoms with Crippen LogP contribution in [-0.2, 0) is 4.79 Å². The Labute approximate surface area is 97.8 Å². The van der Waals surface area contributed by atoms with Gasteiger partial charge in [-0.25, -0.2) is 0 Å². The maximum Gasteiger partial charge on any atom is 0.321 e. The number of nitrogens with zero attached hydrogens (tertiary/aromatic N) is 1. The van der Waals surface area contributed by atoms with Crippen LogP contribution in [-0.4, -0.2) is 35.1 Å². The molecule has 16 heavy (non-hydrogen) atoms. The maximum absolute atomic E-state index is 11.4. The predicted molar refractivity (Wildman–Crippen MR) is 63.3 cm³/mol. The summed E-state index contributed by atoms with van der Waals surface area (Å²) in [5.74, 6) is 0.446. The minimum Gasteiger partial charge on any atom is -0.480 e. The zero-order valence-electron chi connectivity index (χ0n) is 10.6. The second-order valence-electron chi connectivity index (χ2n) is 6.63. The maximum atomic E-state index is 11.4. The lowest BCUT2D eigenvalue weighted by Crippen LogP contribution is -2.43. The number of hydrogen-bond acceptors (Lipinski definition) is 2. The van der Waals surface area contributed by atoms with Gasteiger partial charge in [0.2, 0.25) is 0 Å². The quantitative estimate of drug-likeness (QED) is 0.783. The van der Waals surface area contributed by atoms with E-state index in [1.165, 1.54) is 12.8 Å². The minimum absolute atomic E-state index is 0.187. The predicted octanol–water partition coefficient (Wildman–Crippen LogP) is 2.22. The van der Waals surface area contributed by atoms with Gasteiger partial charge < -0.3 is 5.11 Å². The van der Waals surface area contributed by atoms with Crippen LogP contribution in [0.5, 0.6) is 0 Å². The molecule has 2 aliphatic rings. The number of carboxylic acid groups (broad SMARTS) is 1. The zero-order chi connectivity index (χ0) is 11.9. The first-order chi connectivity index (χ1) is 7.38. The molecule has 3 unspecified atom stereocenters. The molecule has 0 aromatic heterocycles. The Balaban J connectivity index is 2.11. The molecule has 3 nitrogen and oxygen atoms in total. The SMILES string of the molecule is CC(C)(C)CN1CC2CCCC2C1C(=O)O. The zero-order valence-corrected chi connectivity index (χ0v) is 10.6. The van der Waals surface area contributed by atoms with Gasteiger partial charge in [-0.15, -0.1) is 0 Å². The molecule has 1 aliphatic carbocycles. The molecule has 0 radical (unpaired) electrons. The minimum atomic E-state index is -0.612. The molecule has 0 spiro atoms. The standard InChI is InChI=1S/C13H23NO2/c1-13(2,3)8-14-7-9-5-4-6-10(9)11(14)12(15)16/h9-11H,4-8H2,1-3H3,(H,15,16). The molecule has 2 rings (SSSR count). The molecule has 3 heteroatoms. The fourth-order valence-electron chi connectivity index (χ4n) is 3.50. The summed E-state index contributed by atoms with van der Waals surface area (Å²) in [7, 11) is 0. The molecule has 1 aliphatic heterocycles. The molecule has 92 valence electrons. The fourth-order valence-corrected chi connectivity index (χ4v) is 3.50. The fraction of sp³-hybridized carbons (Fsp3) is 0.923. The summed E-state index contributed by atoms with van der Waals surface area (Å²) in [6.45, 7) is 8.44. The highest BCUT2D eigenvalue weighted by molar-refractivity contribution is 5.74. The molecule has 0 aromatic rings. The molecule has 0 amide bonds. The smallest absolute Gasteiger partial charge is 0.321 e. The molecule has 1 saturated heterocycles. The molecule has 3 atom stereocenters. The van der Waals surface area contributed by atoms with Gasteiger partial charge in [0.25, 0.3) is 0 Å².